The average Bonchev–Trinajstić information content (AvgIpc) is 2.58. The molecule has 24 heavy (non-hydrogen) atoms. The van der Waals surface area contributed by atoms with Crippen molar-refractivity contribution >= 4 is 11.9 Å². The number of nitrogens with one attached hydrogen (secondary N) is 1. The number of methoxy groups -OCH3 is 1. The maximum absolute atomic E-state index is 13.4. The Labute approximate surface area is 137 Å². The minimum absolute atomic E-state index is 0.0446. The Morgan fingerprint density at radius 3 is 2.58 bits per heavy atom. The lowest BCUT2D eigenvalue weighted by molar-refractivity contribution is -0.123. The first kappa shape index (κ1) is 17.3. The van der Waals surface area contributed by atoms with Crippen LogP contribution in [0.3, 0.4) is 0 Å². The fourth-order valence-electron chi connectivity index (χ4n) is 1.95. The van der Waals surface area contributed by atoms with Crippen LogP contribution in [0.25, 0.3) is 0 Å². The number of hydrogen-bond acceptors (Lipinski definition) is 4. The van der Waals surface area contributed by atoms with Gasteiger partial charge in [-0.3, -0.25) is 4.79 Å². The number of carboxylic acids is 1. The van der Waals surface area contributed by atoms with Gasteiger partial charge in [-0.1, -0.05) is 18.2 Å². The average molecular weight is 333 g/mol. The van der Waals surface area contributed by atoms with Crippen LogP contribution in [-0.4, -0.2) is 30.7 Å². The Morgan fingerprint density at radius 1 is 1.17 bits per heavy atom. The lowest BCUT2D eigenvalue weighted by Gasteiger charge is -2.11. The van der Waals surface area contributed by atoms with Gasteiger partial charge in [0.1, 0.15) is 5.82 Å². The van der Waals surface area contributed by atoms with E-state index in [-0.39, 0.29) is 30.2 Å². The number of halogens is 1. The van der Waals surface area contributed by atoms with Crippen LogP contribution in [0, 0.1) is 5.82 Å². The van der Waals surface area contributed by atoms with Crippen molar-refractivity contribution in [1.29, 1.82) is 0 Å². The Kier molecular flexibility index (Phi) is 5.73. The molecule has 0 atom stereocenters. The summed E-state index contributed by atoms with van der Waals surface area (Å²) in [7, 11) is 1.37. The molecule has 0 heterocycles. The summed E-state index contributed by atoms with van der Waals surface area (Å²) in [5.74, 6) is -1.49. The Morgan fingerprint density at radius 2 is 1.92 bits per heavy atom. The molecule has 0 saturated carbocycles. The molecular weight excluding hydrogens is 317 g/mol. The van der Waals surface area contributed by atoms with Crippen molar-refractivity contribution in [1.82, 2.24) is 5.32 Å². The molecule has 0 aliphatic heterocycles. The van der Waals surface area contributed by atoms with Crippen LogP contribution in [0.4, 0.5) is 4.39 Å². The molecule has 2 rings (SSSR count). The van der Waals surface area contributed by atoms with E-state index < -0.39 is 17.7 Å². The summed E-state index contributed by atoms with van der Waals surface area (Å²) >= 11 is 0. The highest BCUT2D eigenvalue weighted by molar-refractivity contribution is 5.88. The van der Waals surface area contributed by atoms with Crippen molar-refractivity contribution < 1.29 is 28.6 Å². The molecule has 2 N–H and O–H groups in total. The molecule has 2 aromatic carbocycles. The first-order valence-electron chi connectivity index (χ1n) is 7.05. The second kappa shape index (κ2) is 7.96. The number of benzene rings is 2. The molecule has 7 heteroatoms. The van der Waals surface area contributed by atoms with Gasteiger partial charge in [-0.2, -0.15) is 0 Å². The van der Waals surface area contributed by atoms with Crippen molar-refractivity contribution in [3.63, 3.8) is 0 Å². The molecule has 0 bridgehead atoms. The lowest BCUT2D eigenvalue weighted by atomic mass is 10.2. The molecule has 0 radical (unpaired) electrons. The summed E-state index contributed by atoms with van der Waals surface area (Å²) in [5.41, 5.74) is 0.414. The van der Waals surface area contributed by atoms with Gasteiger partial charge in [0.15, 0.2) is 18.1 Å². The molecule has 6 nitrogen and oxygen atoms in total. The van der Waals surface area contributed by atoms with Gasteiger partial charge >= 0.3 is 5.97 Å². The van der Waals surface area contributed by atoms with Gasteiger partial charge in [-0.05, 0) is 24.3 Å². The summed E-state index contributed by atoms with van der Waals surface area (Å²) < 4.78 is 23.8. The van der Waals surface area contributed by atoms with Gasteiger partial charge in [0.25, 0.3) is 5.91 Å². The second-order valence-electron chi connectivity index (χ2n) is 4.83. The number of rotatable bonds is 7. The van der Waals surface area contributed by atoms with Crippen LogP contribution in [0.2, 0.25) is 0 Å². The highest BCUT2D eigenvalue weighted by Gasteiger charge is 2.12. The number of hydrogen-bond donors (Lipinski definition) is 2. The molecule has 1 amide bonds. The Bertz CT molecular complexity index is 748. The third-order valence-electron chi connectivity index (χ3n) is 3.20. The van der Waals surface area contributed by atoms with Gasteiger partial charge in [-0.25, -0.2) is 9.18 Å². The number of aromatic carboxylic acids is 1. The SMILES string of the molecule is COc1cc(C(=O)O)ccc1OCC(=O)NCc1ccccc1F. The molecular formula is C17H16FNO5. The predicted octanol–water partition coefficient (Wildman–Crippen LogP) is 2.23. The van der Waals surface area contributed by atoms with Crippen LogP contribution in [0.5, 0.6) is 11.5 Å². The number of carbonyl (C=O) groups excluding carboxylic acids is 1. The minimum Gasteiger partial charge on any atom is -0.493 e. The third kappa shape index (κ3) is 4.45. The van der Waals surface area contributed by atoms with Gasteiger partial charge in [0, 0.05) is 12.1 Å². The van der Waals surface area contributed by atoms with Crippen molar-refractivity contribution in [2.24, 2.45) is 0 Å². The summed E-state index contributed by atoms with van der Waals surface area (Å²) in [5, 5.41) is 11.5. The summed E-state index contributed by atoms with van der Waals surface area (Å²) in [6.07, 6.45) is 0. The van der Waals surface area contributed by atoms with Crippen LogP contribution >= 0.6 is 0 Å². The highest BCUT2D eigenvalue weighted by Crippen LogP contribution is 2.28. The van der Waals surface area contributed by atoms with E-state index in [1.807, 2.05) is 0 Å². The summed E-state index contributed by atoms with van der Waals surface area (Å²) in [4.78, 5) is 22.7. The molecule has 2 aromatic rings. The number of ether oxygens (including phenoxy) is 2. The van der Waals surface area contributed by atoms with E-state index in [1.54, 1.807) is 18.2 Å². The molecule has 0 aliphatic rings. The summed E-state index contributed by atoms with van der Waals surface area (Å²) in [6, 6.07) is 10.2. The fraction of sp³-hybridized carbons (Fsp3) is 0.176. The zero-order valence-electron chi connectivity index (χ0n) is 12.9. The van der Waals surface area contributed by atoms with E-state index in [0.29, 0.717) is 5.56 Å². The van der Waals surface area contributed by atoms with E-state index in [4.69, 9.17) is 14.6 Å². The van der Waals surface area contributed by atoms with Gasteiger partial charge in [-0.15, -0.1) is 0 Å². The van der Waals surface area contributed by atoms with Crippen molar-refractivity contribution in [2.75, 3.05) is 13.7 Å². The van der Waals surface area contributed by atoms with Gasteiger partial charge < -0.3 is 19.9 Å². The van der Waals surface area contributed by atoms with Gasteiger partial charge in [0.2, 0.25) is 0 Å². The molecule has 0 aromatic heterocycles. The number of carboxylic acid groups (broad SMARTS) is 1. The number of carbonyl (C=O) groups is 2. The van der Waals surface area contributed by atoms with Crippen LogP contribution in [0.1, 0.15) is 15.9 Å². The Balaban J connectivity index is 1.92. The first-order valence-corrected chi connectivity index (χ1v) is 7.05. The zero-order valence-corrected chi connectivity index (χ0v) is 12.9. The summed E-state index contributed by atoms with van der Waals surface area (Å²) in [6.45, 7) is -0.263. The maximum atomic E-state index is 13.4. The Hall–Kier alpha value is -3.09. The van der Waals surface area contributed by atoms with E-state index in [9.17, 15) is 14.0 Å². The maximum Gasteiger partial charge on any atom is 0.335 e. The lowest BCUT2D eigenvalue weighted by Crippen LogP contribution is -2.28. The van der Waals surface area contributed by atoms with Crippen LogP contribution in [0.15, 0.2) is 42.5 Å². The highest BCUT2D eigenvalue weighted by atomic mass is 19.1. The van der Waals surface area contributed by atoms with Crippen molar-refractivity contribution in [2.45, 2.75) is 6.54 Å². The molecule has 0 fully saturated rings. The van der Waals surface area contributed by atoms with Gasteiger partial charge in [0.05, 0.1) is 12.7 Å². The standard InChI is InChI=1S/C17H16FNO5/c1-23-15-8-11(17(21)22)6-7-14(15)24-10-16(20)19-9-12-4-2-3-5-13(12)18/h2-8H,9-10H2,1H3,(H,19,20)(H,21,22). The first-order chi connectivity index (χ1) is 11.5. The van der Waals surface area contributed by atoms with Crippen molar-refractivity contribution in [3.05, 3.63) is 59.4 Å². The van der Waals surface area contributed by atoms with E-state index >= 15 is 0 Å². The topological polar surface area (TPSA) is 84.9 Å². The van der Waals surface area contributed by atoms with Crippen LogP contribution < -0.4 is 14.8 Å². The molecule has 0 aliphatic carbocycles. The molecule has 126 valence electrons. The molecule has 0 spiro atoms. The third-order valence-corrected chi connectivity index (χ3v) is 3.20. The number of amides is 1. The molecule has 0 unspecified atom stereocenters. The zero-order chi connectivity index (χ0) is 17.5. The fourth-order valence-corrected chi connectivity index (χ4v) is 1.95. The van der Waals surface area contributed by atoms with Crippen molar-refractivity contribution in [3.8, 4) is 11.5 Å². The normalized spacial score (nSPS) is 10.1. The van der Waals surface area contributed by atoms with E-state index in [1.165, 1.54) is 31.4 Å². The smallest absolute Gasteiger partial charge is 0.335 e. The largest absolute Gasteiger partial charge is 0.493 e. The van der Waals surface area contributed by atoms with E-state index in [0.717, 1.165) is 0 Å². The second-order valence-corrected chi connectivity index (χ2v) is 4.83. The minimum atomic E-state index is -1.09. The molecule has 0 saturated heterocycles. The monoisotopic (exact) mass is 333 g/mol. The quantitative estimate of drug-likeness (QED) is 0.812. The van der Waals surface area contributed by atoms with Crippen LogP contribution in [-0.2, 0) is 11.3 Å². The predicted molar refractivity (Wildman–Crippen MR) is 83.7 cm³/mol. The van der Waals surface area contributed by atoms with E-state index in [2.05, 4.69) is 5.32 Å².